The maximum Gasteiger partial charge on any atom is 0.239 e. The van der Waals surface area contributed by atoms with Gasteiger partial charge in [-0.25, -0.2) is 0 Å². The Balaban J connectivity index is 1.62. The van der Waals surface area contributed by atoms with Crippen molar-refractivity contribution in [1.29, 1.82) is 0 Å². The van der Waals surface area contributed by atoms with Gasteiger partial charge in [-0.1, -0.05) is 38.3 Å². The molecule has 0 radical (unpaired) electrons. The van der Waals surface area contributed by atoms with Crippen LogP contribution in [0.3, 0.4) is 0 Å². The predicted molar refractivity (Wildman–Crippen MR) is 89.0 cm³/mol. The number of nitrogens with one attached hydrogen (secondary N) is 1. The third-order valence-corrected chi connectivity index (χ3v) is 5.47. The molecule has 0 bridgehead atoms. The molecule has 1 amide bonds. The first kappa shape index (κ1) is 14.8. The van der Waals surface area contributed by atoms with Crippen molar-refractivity contribution in [3.05, 3.63) is 24.3 Å². The number of hydrogen-bond acceptors (Lipinski definition) is 3. The summed E-state index contributed by atoms with van der Waals surface area (Å²) < 4.78 is 0. The third kappa shape index (κ3) is 3.73. The van der Waals surface area contributed by atoms with E-state index < -0.39 is 0 Å². The van der Waals surface area contributed by atoms with Crippen LogP contribution >= 0.6 is 11.8 Å². The summed E-state index contributed by atoms with van der Waals surface area (Å²) in [5.74, 6) is 0.177. The van der Waals surface area contributed by atoms with Crippen LogP contribution in [0.25, 0.3) is 0 Å². The molecule has 1 aliphatic carbocycles. The Kier molecular flexibility index (Phi) is 4.73. The third-order valence-electron chi connectivity index (χ3n) is 4.32. The SMILES string of the molecule is C[C@@H]1CN(CC(=O)NC2CCCCC2)c2ccccc2S1. The average molecular weight is 304 g/mol. The summed E-state index contributed by atoms with van der Waals surface area (Å²) in [6.45, 7) is 3.66. The van der Waals surface area contributed by atoms with E-state index in [2.05, 4.69) is 41.4 Å². The van der Waals surface area contributed by atoms with E-state index in [0.29, 0.717) is 17.8 Å². The largest absolute Gasteiger partial charge is 0.360 e. The van der Waals surface area contributed by atoms with Gasteiger partial charge in [0.2, 0.25) is 5.91 Å². The van der Waals surface area contributed by atoms with Gasteiger partial charge in [0, 0.05) is 22.7 Å². The summed E-state index contributed by atoms with van der Waals surface area (Å²) in [5, 5.41) is 3.75. The van der Waals surface area contributed by atoms with Gasteiger partial charge in [-0.15, -0.1) is 11.8 Å². The monoisotopic (exact) mass is 304 g/mol. The Morgan fingerprint density at radius 3 is 2.86 bits per heavy atom. The summed E-state index contributed by atoms with van der Waals surface area (Å²) in [6.07, 6.45) is 6.13. The number of rotatable bonds is 3. The van der Waals surface area contributed by atoms with Gasteiger partial charge in [-0.3, -0.25) is 4.79 Å². The zero-order chi connectivity index (χ0) is 14.7. The van der Waals surface area contributed by atoms with E-state index >= 15 is 0 Å². The molecule has 1 aromatic rings. The molecule has 2 aliphatic rings. The molecule has 1 fully saturated rings. The van der Waals surface area contributed by atoms with Crippen molar-refractivity contribution in [2.24, 2.45) is 0 Å². The first-order valence-electron chi connectivity index (χ1n) is 8.02. The van der Waals surface area contributed by atoms with Gasteiger partial charge in [0.15, 0.2) is 0 Å². The summed E-state index contributed by atoms with van der Waals surface area (Å²) in [7, 11) is 0. The van der Waals surface area contributed by atoms with E-state index in [4.69, 9.17) is 0 Å². The maximum absolute atomic E-state index is 12.3. The highest BCUT2D eigenvalue weighted by molar-refractivity contribution is 8.00. The Morgan fingerprint density at radius 2 is 2.05 bits per heavy atom. The topological polar surface area (TPSA) is 32.3 Å². The minimum atomic E-state index is 0.177. The molecule has 4 heteroatoms. The number of anilines is 1. The van der Waals surface area contributed by atoms with Crippen LogP contribution in [0.4, 0.5) is 5.69 Å². The van der Waals surface area contributed by atoms with Crippen molar-refractivity contribution in [1.82, 2.24) is 5.32 Å². The van der Waals surface area contributed by atoms with Crippen molar-refractivity contribution in [3.63, 3.8) is 0 Å². The second-order valence-corrected chi connectivity index (χ2v) is 7.66. The van der Waals surface area contributed by atoms with Crippen LogP contribution in [-0.2, 0) is 4.79 Å². The first-order valence-corrected chi connectivity index (χ1v) is 8.90. The fourth-order valence-electron chi connectivity index (χ4n) is 3.32. The highest BCUT2D eigenvalue weighted by Crippen LogP contribution is 2.37. The lowest BCUT2D eigenvalue weighted by Crippen LogP contribution is -2.45. The highest BCUT2D eigenvalue weighted by Gasteiger charge is 2.24. The molecule has 0 saturated heterocycles. The van der Waals surface area contributed by atoms with Crippen molar-refractivity contribution >= 4 is 23.4 Å². The van der Waals surface area contributed by atoms with Gasteiger partial charge < -0.3 is 10.2 Å². The molecule has 1 aliphatic heterocycles. The molecule has 114 valence electrons. The lowest BCUT2D eigenvalue weighted by Gasteiger charge is -2.34. The van der Waals surface area contributed by atoms with Crippen molar-refractivity contribution in [2.45, 2.75) is 55.2 Å². The molecule has 3 nitrogen and oxygen atoms in total. The summed E-state index contributed by atoms with van der Waals surface area (Å²) >= 11 is 1.90. The molecule has 1 N–H and O–H groups in total. The normalized spacial score (nSPS) is 22.7. The van der Waals surface area contributed by atoms with Crippen molar-refractivity contribution in [3.8, 4) is 0 Å². The average Bonchev–Trinajstić information content (AvgIpc) is 2.48. The van der Waals surface area contributed by atoms with E-state index in [0.717, 1.165) is 19.4 Å². The molecule has 1 aromatic carbocycles. The number of fused-ring (bicyclic) bond motifs is 1. The van der Waals surface area contributed by atoms with Crippen LogP contribution in [0.5, 0.6) is 0 Å². The second kappa shape index (κ2) is 6.73. The van der Waals surface area contributed by atoms with Crippen LogP contribution < -0.4 is 10.2 Å². The number of nitrogens with zero attached hydrogens (tertiary/aromatic N) is 1. The first-order chi connectivity index (χ1) is 10.2. The fraction of sp³-hybridized carbons (Fsp3) is 0.588. The van der Waals surface area contributed by atoms with Crippen LogP contribution in [0, 0.1) is 0 Å². The van der Waals surface area contributed by atoms with Gasteiger partial charge in [-0.05, 0) is 25.0 Å². The lowest BCUT2D eigenvalue weighted by molar-refractivity contribution is -0.120. The van der Waals surface area contributed by atoms with E-state index in [-0.39, 0.29) is 5.91 Å². The molecule has 1 heterocycles. The summed E-state index contributed by atoms with van der Waals surface area (Å²) in [6, 6.07) is 8.81. The van der Waals surface area contributed by atoms with E-state index in [1.807, 2.05) is 11.8 Å². The standard InChI is InChI=1S/C17H24N2OS/c1-13-11-19(15-9-5-6-10-16(15)21-13)12-17(20)18-14-7-3-2-4-8-14/h5-6,9-10,13-14H,2-4,7-8,11-12H2,1H3,(H,18,20)/t13-/m1/s1. The molecule has 21 heavy (non-hydrogen) atoms. The van der Waals surface area contributed by atoms with E-state index in [1.165, 1.54) is 29.8 Å². The zero-order valence-corrected chi connectivity index (χ0v) is 13.5. The Hall–Kier alpha value is -1.16. The molecular formula is C17H24N2OS. The van der Waals surface area contributed by atoms with Gasteiger partial charge in [0.05, 0.1) is 12.2 Å². The Bertz CT molecular complexity index is 499. The number of para-hydroxylation sites is 1. The van der Waals surface area contributed by atoms with Crippen LogP contribution in [0.2, 0.25) is 0 Å². The minimum absolute atomic E-state index is 0.177. The van der Waals surface area contributed by atoms with Gasteiger partial charge in [0.1, 0.15) is 0 Å². The minimum Gasteiger partial charge on any atom is -0.360 e. The van der Waals surface area contributed by atoms with Gasteiger partial charge >= 0.3 is 0 Å². The number of thioether (sulfide) groups is 1. The van der Waals surface area contributed by atoms with E-state index in [1.54, 1.807) is 0 Å². The number of carbonyl (C=O) groups is 1. The molecule has 1 atom stereocenters. The summed E-state index contributed by atoms with van der Waals surface area (Å²) in [5.41, 5.74) is 1.21. The van der Waals surface area contributed by atoms with Crippen molar-refractivity contribution < 1.29 is 4.79 Å². The molecule has 1 saturated carbocycles. The molecule has 3 rings (SSSR count). The van der Waals surface area contributed by atoms with Gasteiger partial charge in [0.25, 0.3) is 0 Å². The molecular weight excluding hydrogens is 280 g/mol. The quantitative estimate of drug-likeness (QED) is 0.928. The van der Waals surface area contributed by atoms with Crippen LogP contribution in [0.1, 0.15) is 39.0 Å². The maximum atomic E-state index is 12.3. The second-order valence-electron chi connectivity index (χ2n) is 6.18. The molecule has 0 aromatic heterocycles. The highest BCUT2D eigenvalue weighted by atomic mass is 32.2. The smallest absolute Gasteiger partial charge is 0.239 e. The number of hydrogen-bond donors (Lipinski definition) is 1. The van der Waals surface area contributed by atoms with E-state index in [9.17, 15) is 4.79 Å². The Morgan fingerprint density at radius 1 is 1.29 bits per heavy atom. The number of benzene rings is 1. The summed E-state index contributed by atoms with van der Waals surface area (Å²) in [4.78, 5) is 15.9. The Labute approximate surface area is 131 Å². The number of carbonyl (C=O) groups excluding carboxylic acids is 1. The number of amides is 1. The molecule has 0 spiro atoms. The fourth-order valence-corrected chi connectivity index (χ4v) is 4.49. The molecule has 0 unspecified atom stereocenters. The predicted octanol–water partition coefficient (Wildman–Crippen LogP) is 3.44. The van der Waals surface area contributed by atoms with Crippen LogP contribution in [0.15, 0.2) is 29.2 Å². The van der Waals surface area contributed by atoms with Crippen LogP contribution in [-0.4, -0.2) is 30.3 Å². The lowest BCUT2D eigenvalue weighted by atomic mass is 9.95. The zero-order valence-electron chi connectivity index (χ0n) is 12.7. The van der Waals surface area contributed by atoms with Crippen molar-refractivity contribution in [2.75, 3.05) is 18.0 Å². The van der Waals surface area contributed by atoms with Gasteiger partial charge in [-0.2, -0.15) is 0 Å².